The molecule has 0 N–H and O–H groups in total. The Bertz CT molecular complexity index is 2240. The molecule has 0 bridgehead atoms. The van der Waals surface area contributed by atoms with Crippen LogP contribution in [0, 0.1) is 0 Å². The minimum atomic E-state index is -0.103. The van der Waals surface area contributed by atoms with Crippen molar-refractivity contribution in [1.82, 2.24) is 0 Å². The number of anilines is 6. The first-order valence-electron chi connectivity index (χ1n) is 19.9. The average molecular weight is 717 g/mol. The van der Waals surface area contributed by atoms with Crippen LogP contribution in [-0.2, 0) is 21.7 Å². The fourth-order valence-electron chi connectivity index (χ4n) is 8.37. The maximum absolute atomic E-state index is 6.75. The predicted octanol–water partition coefficient (Wildman–Crippen LogP) is 11.1. The molecular weight excluding hydrogens is 659 g/mol. The molecule has 3 aliphatic rings. The smallest absolute Gasteiger partial charge is 0.252 e. The van der Waals surface area contributed by atoms with Crippen LogP contribution in [0.3, 0.4) is 0 Å². The van der Waals surface area contributed by atoms with E-state index in [2.05, 4.69) is 184 Å². The Kier molecular flexibility index (Phi) is 8.38. The van der Waals surface area contributed by atoms with E-state index in [1.54, 1.807) is 0 Å². The van der Waals surface area contributed by atoms with E-state index in [1.807, 2.05) is 0 Å². The molecule has 5 aromatic rings. The molecule has 0 radical (unpaired) electrons. The Hall–Kier alpha value is -4.64. The molecule has 4 nitrogen and oxygen atoms in total. The summed E-state index contributed by atoms with van der Waals surface area (Å²) in [5.74, 6) is 1.66. The SMILES string of the molecule is CC(C)(C)c1ccc(N2c3ccc(C(C)(C)C)cc3B3c4ccc5c(c4N(c4ccc(C(C)(C)C)cc4)c4cc(C(C)(C)C)cc2c43)OCCCO5)cc1. The van der Waals surface area contributed by atoms with Gasteiger partial charge in [0.15, 0.2) is 11.5 Å². The third kappa shape index (κ3) is 6.08. The monoisotopic (exact) mass is 716 g/mol. The summed E-state index contributed by atoms with van der Waals surface area (Å²) in [4.78, 5) is 5.02. The van der Waals surface area contributed by atoms with Crippen molar-refractivity contribution in [3.63, 3.8) is 0 Å². The Morgan fingerprint density at radius 3 is 1.52 bits per heavy atom. The van der Waals surface area contributed by atoms with Gasteiger partial charge in [-0.3, -0.25) is 0 Å². The minimum absolute atomic E-state index is 0.0105. The van der Waals surface area contributed by atoms with E-state index in [0.29, 0.717) is 13.2 Å². The van der Waals surface area contributed by atoms with Crippen LogP contribution in [0.2, 0.25) is 0 Å². The van der Waals surface area contributed by atoms with Crippen molar-refractivity contribution in [2.45, 2.75) is 111 Å². The first-order chi connectivity index (χ1) is 25.3. The lowest BCUT2D eigenvalue weighted by molar-refractivity contribution is 0.297. The molecule has 3 aliphatic heterocycles. The molecule has 0 amide bonds. The molecule has 0 fully saturated rings. The second-order valence-corrected chi connectivity index (χ2v) is 19.8. The third-order valence-electron chi connectivity index (χ3n) is 11.7. The lowest BCUT2D eigenvalue weighted by Crippen LogP contribution is -2.61. The number of rotatable bonds is 2. The normalized spacial score (nSPS) is 15.4. The van der Waals surface area contributed by atoms with Crippen LogP contribution < -0.4 is 35.7 Å². The summed E-state index contributed by atoms with van der Waals surface area (Å²) in [6, 6.07) is 35.1. The maximum atomic E-state index is 6.75. The molecular formula is C49H57BN2O2. The molecule has 0 unspecified atom stereocenters. The average Bonchev–Trinajstić information content (AvgIpc) is 3.36. The van der Waals surface area contributed by atoms with E-state index in [9.17, 15) is 0 Å². The van der Waals surface area contributed by atoms with Gasteiger partial charge in [0.25, 0.3) is 6.71 Å². The van der Waals surface area contributed by atoms with Crippen LogP contribution in [-0.4, -0.2) is 19.9 Å². The zero-order valence-corrected chi connectivity index (χ0v) is 34.6. The Labute approximate surface area is 324 Å². The standard InChI is InChI=1S/C49H57BN2O2/c1-46(2,3)31-14-19-35(20-15-31)51-39-24-18-33(48(7,8)9)28-38(39)50-37-23-25-42-45(54-27-13-26-53-42)44(37)52(36-21-16-32(17-22-36)47(4,5)6)41-30-34(49(10,11)12)29-40(51)43(41)50/h14-25,28-30H,13,26-27H2,1-12H3. The molecule has 278 valence electrons. The van der Waals surface area contributed by atoms with Gasteiger partial charge >= 0.3 is 0 Å². The van der Waals surface area contributed by atoms with Crippen molar-refractivity contribution >= 4 is 57.2 Å². The van der Waals surface area contributed by atoms with Crippen LogP contribution >= 0.6 is 0 Å². The highest BCUT2D eigenvalue weighted by Gasteiger charge is 2.46. The fraction of sp³-hybridized carbons (Fsp3) is 0.388. The van der Waals surface area contributed by atoms with E-state index in [1.165, 1.54) is 61.4 Å². The summed E-state index contributed by atoms with van der Waals surface area (Å²) >= 11 is 0. The summed E-state index contributed by atoms with van der Waals surface area (Å²) in [5, 5.41) is 0. The van der Waals surface area contributed by atoms with E-state index in [0.717, 1.165) is 29.3 Å². The zero-order chi connectivity index (χ0) is 38.5. The number of nitrogens with zero attached hydrogens (tertiary/aromatic N) is 2. The number of benzene rings is 5. The molecule has 0 aromatic heterocycles. The number of hydrogen-bond acceptors (Lipinski definition) is 4. The minimum Gasteiger partial charge on any atom is -0.489 e. The molecule has 0 saturated heterocycles. The molecule has 0 aliphatic carbocycles. The van der Waals surface area contributed by atoms with Crippen molar-refractivity contribution in [2.75, 3.05) is 23.0 Å². The van der Waals surface area contributed by atoms with Gasteiger partial charge in [-0.2, -0.15) is 0 Å². The van der Waals surface area contributed by atoms with Gasteiger partial charge in [-0.1, -0.05) is 126 Å². The highest BCUT2D eigenvalue weighted by atomic mass is 16.5. The number of hydrogen-bond donors (Lipinski definition) is 0. The van der Waals surface area contributed by atoms with E-state index >= 15 is 0 Å². The van der Waals surface area contributed by atoms with Crippen molar-refractivity contribution in [1.29, 1.82) is 0 Å². The van der Waals surface area contributed by atoms with Gasteiger partial charge in [0.2, 0.25) is 0 Å². The van der Waals surface area contributed by atoms with Crippen LogP contribution in [0.15, 0.2) is 91.0 Å². The molecule has 0 atom stereocenters. The maximum Gasteiger partial charge on any atom is 0.252 e. The summed E-state index contributed by atoms with van der Waals surface area (Å²) in [6.07, 6.45) is 0.850. The highest BCUT2D eigenvalue weighted by molar-refractivity contribution is 7.00. The lowest BCUT2D eigenvalue weighted by atomic mass is 9.33. The first-order valence-corrected chi connectivity index (χ1v) is 19.9. The number of fused-ring (bicyclic) bond motifs is 6. The largest absolute Gasteiger partial charge is 0.489 e. The van der Waals surface area contributed by atoms with Crippen LogP contribution in [0.1, 0.15) is 112 Å². The Balaban J connectivity index is 1.49. The van der Waals surface area contributed by atoms with Gasteiger partial charge in [0.1, 0.15) is 0 Å². The molecule has 8 rings (SSSR count). The highest BCUT2D eigenvalue weighted by Crippen LogP contribution is 2.51. The van der Waals surface area contributed by atoms with E-state index < -0.39 is 0 Å². The lowest BCUT2D eigenvalue weighted by Gasteiger charge is -2.45. The van der Waals surface area contributed by atoms with Gasteiger partial charge in [0.05, 0.1) is 18.9 Å². The number of ether oxygens (including phenoxy) is 2. The van der Waals surface area contributed by atoms with Crippen LogP contribution in [0.5, 0.6) is 11.5 Å². The van der Waals surface area contributed by atoms with Gasteiger partial charge in [-0.15, -0.1) is 0 Å². The zero-order valence-electron chi connectivity index (χ0n) is 34.6. The molecule has 0 spiro atoms. The van der Waals surface area contributed by atoms with Crippen LogP contribution in [0.25, 0.3) is 0 Å². The summed E-state index contributed by atoms with van der Waals surface area (Å²) in [5.41, 5.74) is 16.2. The van der Waals surface area contributed by atoms with Gasteiger partial charge in [-0.05, 0) is 109 Å². The molecule has 3 heterocycles. The van der Waals surface area contributed by atoms with Crippen molar-refractivity contribution < 1.29 is 9.47 Å². The van der Waals surface area contributed by atoms with Crippen molar-refractivity contribution in [2.24, 2.45) is 0 Å². The summed E-state index contributed by atoms with van der Waals surface area (Å²) in [7, 11) is 0. The second-order valence-electron chi connectivity index (χ2n) is 19.8. The second kappa shape index (κ2) is 12.4. The fourth-order valence-corrected chi connectivity index (χ4v) is 8.37. The Morgan fingerprint density at radius 2 is 0.963 bits per heavy atom. The van der Waals surface area contributed by atoms with Gasteiger partial charge in [0, 0.05) is 34.9 Å². The van der Waals surface area contributed by atoms with E-state index in [4.69, 9.17) is 9.47 Å². The summed E-state index contributed by atoms with van der Waals surface area (Å²) in [6.45, 7) is 28.9. The first kappa shape index (κ1) is 36.3. The summed E-state index contributed by atoms with van der Waals surface area (Å²) < 4.78 is 13.2. The van der Waals surface area contributed by atoms with E-state index in [-0.39, 0.29) is 28.4 Å². The predicted molar refractivity (Wildman–Crippen MR) is 231 cm³/mol. The van der Waals surface area contributed by atoms with Gasteiger partial charge < -0.3 is 19.3 Å². The molecule has 54 heavy (non-hydrogen) atoms. The topological polar surface area (TPSA) is 24.9 Å². The Morgan fingerprint density at radius 1 is 0.463 bits per heavy atom. The quantitative estimate of drug-likeness (QED) is 0.166. The molecule has 0 saturated carbocycles. The molecule has 5 heteroatoms. The van der Waals surface area contributed by atoms with Crippen molar-refractivity contribution in [3.8, 4) is 11.5 Å². The van der Waals surface area contributed by atoms with Crippen molar-refractivity contribution in [3.05, 3.63) is 113 Å². The van der Waals surface area contributed by atoms with Crippen LogP contribution in [0.4, 0.5) is 34.1 Å². The van der Waals surface area contributed by atoms with Gasteiger partial charge in [-0.25, -0.2) is 0 Å². The third-order valence-corrected chi connectivity index (χ3v) is 11.7. The molecule has 5 aromatic carbocycles.